The zero-order valence-electron chi connectivity index (χ0n) is 4.57. The molecule has 0 saturated heterocycles. The SMILES string of the molecule is C.CNP(=O)(O)O[PH](=O)O. The van der Waals surface area contributed by atoms with Crippen molar-refractivity contribution in [2.24, 2.45) is 0 Å². The fraction of sp³-hybridized carbons (Fsp3) is 1.00. The van der Waals surface area contributed by atoms with Gasteiger partial charge in [-0.05, 0) is 7.05 Å². The standard InChI is InChI=1S/CH7NO5P2.CH4/c1-2-9(5,6)7-8(3)4;/h8H,1H3,(H,3,4)(H2,2,5,6);1H4. The second-order valence-electron chi connectivity index (χ2n) is 1.10. The van der Waals surface area contributed by atoms with Gasteiger partial charge in [-0.3, -0.25) is 4.57 Å². The normalized spacial score (nSPS) is 18.7. The average Bonchev–Trinajstić information content (AvgIpc) is 1.63. The Bertz CT molecular complexity index is 158. The van der Waals surface area contributed by atoms with Gasteiger partial charge in [0.2, 0.25) is 0 Å². The molecule has 0 heterocycles. The minimum Gasteiger partial charge on any atom is -0.326 e. The maximum absolute atomic E-state index is 10.3. The molecule has 0 radical (unpaired) electrons. The molecule has 6 nitrogen and oxygen atoms in total. The van der Waals surface area contributed by atoms with Crippen molar-refractivity contribution in [2.75, 3.05) is 7.05 Å². The van der Waals surface area contributed by atoms with E-state index in [1.54, 1.807) is 0 Å². The van der Waals surface area contributed by atoms with E-state index in [4.69, 9.17) is 9.79 Å². The smallest absolute Gasteiger partial charge is 0.326 e. The molecule has 2 atom stereocenters. The van der Waals surface area contributed by atoms with Gasteiger partial charge in [-0.25, -0.2) is 14.0 Å². The molecule has 8 heteroatoms. The third-order valence-electron chi connectivity index (χ3n) is 0.484. The van der Waals surface area contributed by atoms with Crippen molar-refractivity contribution in [1.82, 2.24) is 5.09 Å². The highest BCUT2D eigenvalue weighted by Crippen LogP contribution is 2.44. The maximum Gasteiger partial charge on any atom is 0.409 e. The van der Waals surface area contributed by atoms with Crippen LogP contribution in [0.2, 0.25) is 0 Å². The van der Waals surface area contributed by atoms with E-state index in [0.29, 0.717) is 0 Å². The van der Waals surface area contributed by atoms with Gasteiger partial charge in [-0.2, -0.15) is 0 Å². The van der Waals surface area contributed by atoms with Crippen LogP contribution in [0.15, 0.2) is 0 Å². The van der Waals surface area contributed by atoms with E-state index in [9.17, 15) is 9.13 Å². The van der Waals surface area contributed by atoms with E-state index in [1.165, 1.54) is 0 Å². The topological polar surface area (TPSA) is 95.9 Å². The van der Waals surface area contributed by atoms with Crippen LogP contribution in [-0.2, 0) is 13.4 Å². The maximum atomic E-state index is 10.3. The van der Waals surface area contributed by atoms with Gasteiger partial charge in [0.05, 0.1) is 0 Å². The van der Waals surface area contributed by atoms with E-state index in [0.717, 1.165) is 7.05 Å². The van der Waals surface area contributed by atoms with Crippen LogP contribution in [0.3, 0.4) is 0 Å². The minimum absolute atomic E-state index is 0. The first kappa shape index (κ1) is 12.9. The molecule has 0 bridgehead atoms. The summed E-state index contributed by atoms with van der Waals surface area (Å²) in [5, 5.41) is 1.83. The second kappa shape index (κ2) is 5.02. The summed E-state index contributed by atoms with van der Waals surface area (Å²) in [6, 6.07) is 0. The third kappa shape index (κ3) is 6.42. The van der Waals surface area contributed by atoms with Gasteiger partial charge < -0.3 is 9.79 Å². The number of hydrogen-bond acceptors (Lipinski definition) is 3. The van der Waals surface area contributed by atoms with Crippen molar-refractivity contribution < 1.29 is 23.2 Å². The summed E-state index contributed by atoms with van der Waals surface area (Å²) >= 11 is 0. The van der Waals surface area contributed by atoms with Gasteiger partial charge in [0.1, 0.15) is 0 Å². The van der Waals surface area contributed by atoms with Crippen molar-refractivity contribution in [1.29, 1.82) is 0 Å². The molecule has 0 aromatic heterocycles. The lowest BCUT2D eigenvalue weighted by molar-refractivity contribution is 0.342. The molecule has 10 heavy (non-hydrogen) atoms. The summed E-state index contributed by atoms with van der Waals surface area (Å²) in [7, 11) is -6.18. The highest BCUT2D eigenvalue weighted by Gasteiger charge is 2.17. The van der Waals surface area contributed by atoms with Crippen molar-refractivity contribution >= 4 is 16.0 Å². The highest BCUT2D eigenvalue weighted by atomic mass is 31.2. The zero-order valence-corrected chi connectivity index (χ0v) is 6.46. The summed E-state index contributed by atoms with van der Waals surface area (Å²) in [5.41, 5.74) is 0. The molecule has 2 unspecified atom stereocenters. The molecule has 0 aliphatic rings. The molecule has 0 rings (SSSR count). The summed E-state index contributed by atoms with van der Waals surface area (Å²) in [5.74, 6) is 0. The number of hydrogen-bond donors (Lipinski definition) is 3. The van der Waals surface area contributed by atoms with Crippen LogP contribution in [0.25, 0.3) is 0 Å². The van der Waals surface area contributed by atoms with Gasteiger partial charge in [-0.15, -0.1) is 0 Å². The molecule has 0 fully saturated rings. The molecule has 0 saturated carbocycles. The molecule has 0 spiro atoms. The van der Waals surface area contributed by atoms with E-state index in [2.05, 4.69) is 4.31 Å². The monoisotopic (exact) mass is 191 g/mol. The van der Waals surface area contributed by atoms with E-state index in [1.807, 2.05) is 5.09 Å². The van der Waals surface area contributed by atoms with Gasteiger partial charge in [0, 0.05) is 0 Å². The first-order valence-corrected chi connectivity index (χ1v) is 4.76. The molecular formula is C2H11NO5P2. The van der Waals surface area contributed by atoms with Crippen LogP contribution in [0.1, 0.15) is 7.43 Å². The van der Waals surface area contributed by atoms with Crippen LogP contribution in [0, 0.1) is 0 Å². The Morgan fingerprint density at radius 2 is 2.10 bits per heavy atom. The Kier molecular flexibility index (Phi) is 6.49. The molecule has 0 aliphatic carbocycles. The fourth-order valence-electron chi connectivity index (χ4n) is 0.151. The second-order valence-corrected chi connectivity index (χ2v) is 3.85. The van der Waals surface area contributed by atoms with Crippen LogP contribution in [0.5, 0.6) is 0 Å². The molecule has 0 aromatic rings. The first-order chi connectivity index (χ1) is 3.98. The Morgan fingerprint density at radius 1 is 1.70 bits per heavy atom. The summed E-state index contributed by atoms with van der Waals surface area (Å²) in [4.78, 5) is 16.4. The molecule has 0 aliphatic heterocycles. The van der Waals surface area contributed by atoms with Gasteiger partial charge >= 0.3 is 16.0 Å². The predicted octanol–water partition coefficient (Wildman–Crippen LogP) is 0.341. The molecule has 0 amide bonds. The average molecular weight is 191 g/mol. The van der Waals surface area contributed by atoms with Crippen LogP contribution in [-0.4, -0.2) is 16.8 Å². The van der Waals surface area contributed by atoms with Gasteiger partial charge in [0.25, 0.3) is 0 Å². The lowest BCUT2D eigenvalue weighted by atomic mass is 11.6. The predicted molar refractivity (Wildman–Crippen MR) is 37.9 cm³/mol. The Morgan fingerprint density at radius 3 is 2.20 bits per heavy atom. The fourth-order valence-corrected chi connectivity index (χ4v) is 1.36. The van der Waals surface area contributed by atoms with Crippen molar-refractivity contribution in [3.05, 3.63) is 0 Å². The Hall–Kier alpha value is 0.300. The zero-order chi connectivity index (χ0) is 7.49. The lowest BCUT2D eigenvalue weighted by Gasteiger charge is -2.05. The van der Waals surface area contributed by atoms with Gasteiger partial charge in [0.15, 0.2) is 0 Å². The number of nitrogens with one attached hydrogen (secondary N) is 1. The quantitative estimate of drug-likeness (QED) is 0.556. The highest BCUT2D eigenvalue weighted by molar-refractivity contribution is 7.57. The third-order valence-corrected chi connectivity index (χ3v) is 2.66. The molecule has 64 valence electrons. The summed E-state index contributed by atoms with van der Waals surface area (Å²) in [6.45, 7) is 0. The van der Waals surface area contributed by atoms with Crippen LogP contribution < -0.4 is 5.09 Å². The Balaban J connectivity index is 0. The lowest BCUT2D eigenvalue weighted by Crippen LogP contribution is -2.01. The Labute approximate surface area is 59.8 Å². The van der Waals surface area contributed by atoms with Crippen molar-refractivity contribution in [3.63, 3.8) is 0 Å². The molecule has 3 N–H and O–H groups in total. The van der Waals surface area contributed by atoms with E-state index >= 15 is 0 Å². The number of rotatable bonds is 3. The van der Waals surface area contributed by atoms with E-state index in [-0.39, 0.29) is 7.43 Å². The molecule has 0 aromatic carbocycles. The largest absolute Gasteiger partial charge is 0.409 e. The first-order valence-electron chi connectivity index (χ1n) is 1.92. The van der Waals surface area contributed by atoms with Crippen molar-refractivity contribution in [3.8, 4) is 0 Å². The summed E-state index contributed by atoms with van der Waals surface area (Å²) < 4.78 is 23.7. The van der Waals surface area contributed by atoms with Crippen molar-refractivity contribution in [2.45, 2.75) is 7.43 Å². The summed E-state index contributed by atoms with van der Waals surface area (Å²) in [6.07, 6.45) is 0. The van der Waals surface area contributed by atoms with Crippen LogP contribution in [0.4, 0.5) is 0 Å². The van der Waals surface area contributed by atoms with Gasteiger partial charge in [-0.1, -0.05) is 7.43 Å². The van der Waals surface area contributed by atoms with Crippen LogP contribution >= 0.6 is 16.0 Å². The minimum atomic E-state index is -4.00. The molecular weight excluding hydrogens is 180 g/mol. The van der Waals surface area contributed by atoms with E-state index < -0.39 is 16.0 Å².